The Labute approximate surface area is 196 Å². The molecule has 11 heteroatoms. The van der Waals surface area contributed by atoms with Crippen LogP contribution < -0.4 is 15.4 Å². The lowest BCUT2D eigenvalue weighted by atomic mass is 10.2. The molecule has 7 nitrogen and oxygen atoms in total. The lowest BCUT2D eigenvalue weighted by Crippen LogP contribution is -2.21. The van der Waals surface area contributed by atoms with Crippen molar-refractivity contribution in [2.24, 2.45) is 0 Å². The molecular weight excluding hydrogens is 513 g/mol. The minimum atomic E-state index is -0.369. The fraction of sp³-hybridized carbons (Fsp3) is 0.316. The Hall–Kier alpha value is -1.65. The van der Waals surface area contributed by atoms with Crippen LogP contribution in [0.2, 0.25) is 10.0 Å². The minimum absolute atomic E-state index is 0.216. The van der Waals surface area contributed by atoms with Gasteiger partial charge in [-0.1, -0.05) is 23.2 Å². The summed E-state index contributed by atoms with van der Waals surface area (Å²) in [6.07, 6.45) is 1.44. The highest BCUT2D eigenvalue weighted by Gasteiger charge is 2.23. The number of aromatic nitrogens is 2. The first kappa shape index (κ1) is 23.0. The standard InChI is InChI=1S/C19H20BrCl2N5O2S/c1-9-11(20)16(29-4)13(22)15(12(9)21)26-19(28)10-7-30-17-14(10)24-8-25-18(17)23-5-6-27(2)3/h7-8H,5-6H2,1-4H3,(H,26,28)(H,23,24,25). The van der Waals surface area contributed by atoms with Gasteiger partial charge in [-0.25, -0.2) is 9.97 Å². The Balaban J connectivity index is 1.93. The molecule has 2 N–H and O–H groups in total. The quantitative estimate of drug-likeness (QED) is 0.429. The molecule has 3 aromatic rings. The Morgan fingerprint density at radius 2 is 2.03 bits per heavy atom. The number of carbonyl (C=O) groups excluding carboxylic acids is 1. The van der Waals surface area contributed by atoms with Crippen LogP contribution in [0.1, 0.15) is 15.9 Å². The monoisotopic (exact) mass is 531 g/mol. The third kappa shape index (κ3) is 4.50. The molecule has 2 aromatic heterocycles. The zero-order valence-corrected chi connectivity index (χ0v) is 20.7. The Morgan fingerprint density at radius 3 is 2.70 bits per heavy atom. The lowest BCUT2D eigenvalue weighted by molar-refractivity contribution is 0.102. The molecule has 0 radical (unpaired) electrons. The number of amides is 1. The molecule has 3 rings (SSSR count). The number of benzene rings is 1. The van der Waals surface area contributed by atoms with Crippen molar-refractivity contribution in [1.82, 2.24) is 14.9 Å². The third-order valence-corrected chi connectivity index (χ3v) is 7.15. The number of thiophene rings is 1. The van der Waals surface area contributed by atoms with E-state index in [1.807, 2.05) is 14.1 Å². The maximum atomic E-state index is 13.0. The van der Waals surface area contributed by atoms with Crippen LogP contribution in [-0.4, -0.2) is 55.1 Å². The minimum Gasteiger partial charge on any atom is -0.494 e. The molecule has 0 bridgehead atoms. The van der Waals surface area contributed by atoms with Crippen molar-refractivity contribution in [2.45, 2.75) is 6.92 Å². The first-order chi connectivity index (χ1) is 14.3. The molecule has 1 aromatic carbocycles. The highest BCUT2D eigenvalue weighted by molar-refractivity contribution is 9.10. The summed E-state index contributed by atoms with van der Waals surface area (Å²) < 4.78 is 6.79. The predicted octanol–water partition coefficient (Wildman–Crippen LogP) is 5.30. The molecule has 0 aliphatic heterocycles. The van der Waals surface area contributed by atoms with Crippen LogP contribution in [0.15, 0.2) is 16.2 Å². The number of ether oxygens (including phenoxy) is 1. The van der Waals surface area contributed by atoms with Gasteiger partial charge in [0, 0.05) is 18.5 Å². The van der Waals surface area contributed by atoms with Crippen LogP contribution >= 0.6 is 50.5 Å². The van der Waals surface area contributed by atoms with Crippen LogP contribution in [-0.2, 0) is 0 Å². The molecule has 30 heavy (non-hydrogen) atoms. The van der Waals surface area contributed by atoms with Crippen molar-refractivity contribution in [3.05, 3.63) is 37.4 Å². The van der Waals surface area contributed by atoms with Gasteiger partial charge < -0.3 is 20.3 Å². The fourth-order valence-electron chi connectivity index (χ4n) is 2.77. The number of likely N-dealkylation sites (N-methyl/N-ethyl adjacent to an activating group) is 1. The lowest BCUT2D eigenvalue weighted by Gasteiger charge is -2.16. The van der Waals surface area contributed by atoms with Crippen LogP contribution in [0.5, 0.6) is 5.75 Å². The molecule has 0 spiro atoms. The van der Waals surface area contributed by atoms with Gasteiger partial charge in [0.1, 0.15) is 17.2 Å². The van der Waals surface area contributed by atoms with Gasteiger partial charge in [0.05, 0.1) is 38.1 Å². The van der Waals surface area contributed by atoms with E-state index in [1.165, 1.54) is 24.8 Å². The van der Waals surface area contributed by atoms with Crippen molar-refractivity contribution < 1.29 is 9.53 Å². The van der Waals surface area contributed by atoms with E-state index >= 15 is 0 Å². The summed E-state index contributed by atoms with van der Waals surface area (Å²) in [4.78, 5) is 23.7. The first-order valence-electron chi connectivity index (χ1n) is 8.89. The summed E-state index contributed by atoms with van der Waals surface area (Å²) in [6.45, 7) is 3.38. The molecular formula is C19H20BrCl2N5O2S. The van der Waals surface area contributed by atoms with Gasteiger partial charge in [-0.3, -0.25) is 4.79 Å². The summed E-state index contributed by atoms with van der Waals surface area (Å²) in [5.41, 5.74) is 1.98. The number of rotatable bonds is 7. The SMILES string of the molecule is COc1c(Cl)c(NC(=O)c2csc3c(NCCN(C)C)ncnc23)c(Cl)c(C)c1Br. The summed E-state index contributed by atoms with van der Waals surface area (Å²) in [6, 6.07) is 0. The number of hydrogen-bond acceptors (Lipinski definition) is 7. The van der Waals surface area contributed by atoms with Crippen LogP contribution in [0.25, 0.3) is 10.2 Å². The molecule has 0 atom stereocenters. The van der Waals surface area contributed by atoms with Crippen molar-refractivity contribution in [3.8, 4) is 5.75 Å². The van der Waals surface area contributed by atoms with Gasteiger partial charge in [0.25, 0.3) is 5.91 Å². The van der Waals surface area contributed by atoms with E-state index in [1.54, 1.807) is 12.3 Å². The normalized spacial score (nSPS) is 11.2. The summed E-state index contributed by atoms with van der Waals surface area (Å²) in [7, 11) is 5.50. The predicted molar refractivity (Wildman–Crippen MR) is 128 cm³/mol. The van der Waals surface area contributed by atoms with E-state index < -0.39 is 0 Å². The Bertz CT molecular complexity index is 1110. The summed E-state index contributed by atoms with van der Waals surface area (Å²) >= 11 is 17.7. The Kier molecular flexibility index (Phi) is 7.41. The summed E-state index contributed by atoms with van der Waals surface area (Å²) in [5, 5.41) is 8.40. The molecule has 0 aliphatic carbocycles. The summed E-state index contributed by atoms with van der Waals surface area (Å²) in [5.74, 6) is 0.730. The van der Waals surface area contributed by atoms with Crippen molar-refractivity contribution in [3.63, 3.8) is 0 Å². The van der Waals surface area contributed by atoms with Gasteiger partial charge >= 0.3 is 0 Å². The largest absolute Gasteiger partial charge is 0.494 e. The number of methoxy groups -OCH3 is 1. The van der Waals surface area contributed by atoms with Crippen LogP contribution in [0, 0.1) is 6.92 Å². The van der Waals surface area contributed by atoms with E-state index in [4.69, 9.17) is 27.9 Å². The number of hydrogen-bond donors (Lipinski definition) is 2. The second-order valence-corrected chi connectivity index (χ2v) is 9.14. The third-order valence-electron chi connectivity index (χ3n) is 4.39. The van der Waals surface area contributed by atoms with E-state index in [2.05, 4.69) is 41.4 Å². The van der Waals surface area contributed by atoms with Crippen molar-refractivity contribution in [2.75, 3.05) is 44.9 Å². The Morgan fingerprint density at radius 1 is 1.30 bits per heavy atom. The average Bonchev–Trinajstić information content (AvgIpc) is 3.15. The molecule has 2 heterocycles. The molecule has 0 unspecified atom stereocenters. The van der Waals surface area contributed by atoms with Crippen LogP contribution in [0.3, 0.4) is 0 Å². The smallest absolute Gasteiger partial charge is 0.258 e. The van der Waals surface area contributed by atoms with E-state index in [0.29, 0.717) is 43.4 Å². The molecule has 1 amide bonds. The topological polar surface area (TPSA) is 79.4 Å². The number of halogens is 3. The van der Waals surface area contributed by atoms with E-state index in [0.717, 1.165) is 17.8 Å². The zero-order chi connectivity index (χ0) is 22.0. The number of nitrogens with one attached hydrogen (secondary N) is 2. The molecule has 0 fully saturated rings. The van der Waals surface area contributed by atoms with Crippen LogP contribution in [0.4, 0.5) is 11.5 Å². The van der Waals surface area contributed by atoms with Gasteiger partial charge in [-0.15, -0.1) is 11.3 Å². The number of nitrogens with zero attached hydrogens (tertiary/aromatic N) is 3. The molecule has 0 saturated heterocycles. The molecule has 0 aliphatic rings. The molecule has 0 saturated carbocycles. The number of anilines is 2. The highest BCUT2D eigenvalue weighted by atomic mass is 79.9. The fourth-order valence-corrected chi connectivity index (χ4v) is 5.12. The van der Waals surface area contributed by atoms with E-state index in [9.17, 15) is 4.79 Å². The van der Waals surface area contributed by atoms with Gasteiger partial charge in [-0.05, 0) is 42.5 Å². The van der Waals surface area contributed by atoms with Crippen molar-refractivity contribution in [1.29, 1.82) is 0 Å². The van der Waals surface area contributed by atoms with Gasteiger partial charge in [0.15, 0.2) is 5.75 Å². The molecule has 160 valence electrons. The maximum Gasteiger partial charge on any atom is 0.258 e. The maximum absolute atomic E-state index is 13.0. The number of carbonyl (C=O) groups is 1. The van der Waals surface area contributed by atoms with Gasteiger partial charge in [0.2, 0.25) is 0 Å². The second kappa shape index (κ2) is 9.65. The van der Waals surface area contributed by atoms with Crippen molar-refractivity contribution >= 4 is 78.1 Å². The average molecular weight is 533 g/mol. The number of fused-ring (bicyclic) bond motifs is 1. The zero-order valence-electron chi connectivity index (χ0n) is 16.8. The highest BCUT2D eigenvalue weighted by Crippen LogP contribution is 2.46. The van der Waals surface area contributed by atoms with E-state index in [-0.39, 0.29) is 10.9 Å². The first-order valence-corrected chi connectivity index (χ1v) is 11.3. The second-order valence-electron chi connectivity index (χ2n) is 6.71. The van der Waals surface area contributed by atoms with Gasteiger partial charge in [-0.2, -0.15) is 0 Å².